The number of fused-ring (bicyclic) bond motifs is 1. The lowest BCUT2D eigenvalue weighted by Gasteiger charge is -2.12. The largest absolute Gasteiger partial charge is 0.337 e. The molecule has 1 aromatic heterocycles. The van der Waals surface area contributed by atoms with E-state index in [0.717, 1.165) is 23.8 Å². The van der Waals surface area contributed by atoms with E-state index in [0.29, 0.717) is 29.0 Å². The maximum atomic E-state index is 12.0. The van der Waals surface area contributed by atoms with E-state index in [1.807, 2.05) is 12.1 Å². The van der Waals surface area contributed by atoms with Gasteiger partial charge >= 0.3 is 5.97 Å². The van der Waals surface area contributed by atoms with Gasteiger partial charge in [-0.25, -0.2) is 4.79 Å². The SMILES string of the molecule is O=C(Cc1ccc2cc(CCCCCS(=O)(=O)O)cnc2c1)ON1C(=O)CCC1=O. The number of nitrogens with zero attached hydrogens (tertiary/aromatic N) is 2. The van der Waals surface area contributed by atoms with E-state index >= 15 is 0 Å². The minimum Gasteiger partial charge on any atom is -0.330 e. The predicted octanol–water partition coefficient (Wildman–Crippen LogP) is 1.99. The second-order valence-corrected chi connectivity index (χ2v) is 8.76. The highest BCUT2D eigenvalue weighted by molar-refractivity contribution is 7.85. The molecule has 160 valence electrons. The van der Waals surface area contributed by atoms with Gasteiger partial charge in [-0.2, -0.15) is 8.42 Å². The van der Waals surface area contributed by atoms with E-state index in [-0.39, 0.29) is 25.0 Å². The van der Waals surface area contributed by atoms with Gasteiger partial charge in [0, 0.05) is 24.4 Å². The van der Waals surface area contributed by atoms with Crippen LogP contribution in [0.25, 0.3) is 10.9 Å². The number of imide groups is 1. The molecule has 2 aromatic rings. The van der Waals surface area contributed by atoms with Crippen molar-refractivity contribution >= 4 is 38.8 Å². The Balaban J connectivity index is 1.55. The van der Waals surface area contributed by atoms with Crippen LogP contribution in [-0.2, 0) is 42.2 Å². The summed E-state index contributed by atoms with van der Waals surface area (Å²) in [6.45, 7) is 0. The summed E-state index contributed by atoms with van der Waals surface area (Å²) in [5.41, 5.74) is 2.35. The molecule has 9 nitrogen and oxygen atoms in total. The molecule has 10 heteroatoms. The first-order valence-corrected chi connectivity index (χ1v) is 11.2. The summed E-state index contributed by atoms with van der Waals surface area (Å²) in [5, 5.41) is 1.43. The van der Waals surface area contributed by atoms with Crippen LogP contribution in [-0.4, -0.2) is 46.6 Å². The number of rotatable bonds is 9. The first-order chi connectivity index (χ1) is 14.2. The average molecular weight is 434 g/mol. The van der Waals surface area contributed by atoms with Gasteiger partial charge < -0.3 is 4.84 Å². The highest BCUT2D eigenvalue weighted by Gasteiger charge is 2.32. The number of carbonyl (C=O) groups is 3. The topological polar surface area (TPSA) is 131 Å². The van der Waals surface area contributed by atoms with Gasteiger partial charge in [-0.05, 0) is 42.5 Å². The fourth-order valence-electron chi connectivity index (χ4n) is 3.21. The van der Waals surface area contributed by atoms with Gasteiger partial charge in [-0.15, -0.1) is 5.06 Å². The highest BCUT2D eigenvalue weighted by atomic mass is 32.2. The predicted molar refractivity (Wildman–Crippen MR) is 107 cm³/mol. The summed E-state index contributed by atoms with van der Waals surface area (Å²) in [4.78, 5) is 44.4. The molecule has 1 aromatic carbocycles. The molecule has 0 radical (unpaired) electrons. The van der Waals surface area contributed by atoms with Crippen LogP contribution in [0.5, 0.6) is 0 Å². The van der Waals surface area contributed by atoms with Crippen LogP contribution < -0.4 is 0 Å². The molecule has 3 rings (SSSR count). The van der Waals surface area contributed by atoms with E-state index < -0.39 is 27.9 Å². The molecule has 1 fully saturated rings. The number of unbranched alkanes of at least 4 members (excludes halogenated alkanes) is 2. The van der Waals surface area contributed by atoms with E-state index in [1.165, 1.54) is 0 Å². The number of aryl methyl sites for hydroxylation is 1. The molecule has 1 saturated heterocycles. The fraction of sp³-hybridized carbons (Fsp3) is 0.400. The Bertz CT molecular complexity index is 1070. The molecule has 0 spiro atoms. The molecular weight excluding hydrogens is 412 g/mol. The Hall–Kier alpha value is -2.85. The van der Waals surface area contributed by atoms with E-state index in [9.17, 15) is 22.8 Å². The van der Waals surface area contributed by atoms with Crippen molar-refractivity contribution in [1.29, 1.82) is 0 Å². The van der Waals surface area contributed by atoms with Gasteiger partial charge in [-0.3, -0.25) is 19.1 Å². The van der Waals surface area contributed by atoms with Crippen molar-refractivity contribution in [3.05, 3.63) is 41.6 Å². The molecule has 2 amide bonds. The number of hydrogen-bond donors (Lipinski definition) is 1. The van der Waals surface area contributed by atoms with E-state index in [4.69, 9.17) is 9.39 Å². The molecule has 0 aliphatic carbocycles. The Kier molecular flexibility index (Phi) is 6.78. The normalized spacial score (nSPS) is 14.5. The first-order valence-electron chi connectivity index (χ1n) is 9.60. The van der Waals surface area contributed by atoms with Crippen molar-refractivity contribution in [3.8, 4) is 0 Å². The molecule has 0 saturated carbocycles. The summed E-state index contributed by atoms with van der Waals surface area (Å²) >= 11 is 0. The van der Waals surface area contributed by atoms with Crippen molar-refractivity contribution in [3.63, 3.8) is 0 Å². The third-order valence-electron chi connectivity index (χ3n) is 4.72. The van der Waals surface area contributed by atoms with Crippen LogP contribution in [0.3, 0.4) is 0 Å². The quantitative estimate of drug-likeness (QED) is 0.360. The van der Waals surface area contributed by atoms with Crippen LogP contribution in [0.2, 0.25) is 0 Å². The number of amides is 2. The number of pyridine rings is 1. The van der Waals surface area contributed by atoms with Gasteiger partial charge in [-0.1, -0.05) is 18.6 Å². The molecule has 30 heavy (non-hydrogen) atoms. The average Bonchev–Trinajstić information content (AvgIpc) is 2.99. The zero-order valence-corrected chi connectivity index (χ0v) is 17.1. The zero-order valence-electron chi connectivity index (χ0n) is 16.2. The maximum absolute atomic E-state index is 12.0. The lowest BCUT2D eigenvalue weighted by atomic mass is 10.0. The summed E-state index contributed by atoms with van der Waals surface area (Å²) in [6, 6.07) is 7.32. The second-order valence-electron chi connectivity index (χ2n) is 7.19. The molecule has 0 unspecified atom stereocenters. The number of hydroxylamine groups is 2. The van der Waals surface area contributed by atoms with E-state index in [2.05, 4.69) is 4.98 Å². The van der Waals surface area contributed by atoms with Crippen LogP contribution in [0.1, 0.15) is 43.2 Å². The molecule has 0 atom stereocenters. The smallest absolute Gasteiger partial charge is 0.330 e. The minimum atomic E-state index is -3.90. The summed E-state index contributed by atoms with van der Waals surface area (Å²) < 4.78 is 30.1. The Labute approximate surface area is 173 Å². The summed E-state index contributed by atoms with van der Waals surface area (Å²) in [5.74, 6) is -1.95. The van der Waals surface area contributed by atoms with Gasteiger partial charge in [0.25, 0.3) is 21.9 Å². The van der Waals surface area contributed by atoms with Crippen molar-refractivity contribution in [2.45, 2.75) is 44.9 Å². The zero-order chi connectivity index (χ0) is 21.7. The van der Waals surface area contributed by atoms with Crippen LogP contribution in [0, 0.1) is 0 Å². The van der Waals surface area contributed by atoms with Crippen LogP contribution in [0.4, 0.5) is 0 Å². The molecule has 1 aliphatic heterocycles. The lowest BCUT2D eigenvalue weighted by Crippen LogP contribution is -2.32. The molecule has 2 heterocycles. The highest BCUT2D eigenvalue weighted by Crippen LogP contribution is 2.18. The third-order valence-corrected chi connectivity index (χ3v) is 5.52. The van der Waals surface area contributed by atoms with E-state index in [1.54, 1.807) is 18.3 Å². The Morgan fingerprint density at radius 2 is 1.80 bits per heavy atom. The first kappa shape index (κ1) is 21.8. The summed E-state index contributed by atoms with van der Waals surface area (Å²) in [7, 11) is -3.90. The standard InChI is InChI=1S/C20H22N2O7S/c23-18-7-8-19(24)22(18)29-20(25)12-14-5-6-16-10-15(13-21-17(16)11-14)4-2-1-3-9-30(26,27)28/h5-6,10-11,13H,1-4,7-9,12H2,(H,26,27,28). The van der Waals surface area contributed by atoms with Crippen molar-refractivity contribution in [2.24, 2.45) is 0 Å². The second kappa shape index (κ2) is 9.31. The molecular formula is C20H22N2O7S. The molecule has 1 N–H and O–H groups in total. The van der Waals surface area contributed by atoms with Gasteiger partial charge in [0.05, 0.1) is 17.7 Å². The Morgan fingerprint density at radius 3 is 2.50 bits per heavy atom. The van der Waals surface area contributed by atoms with Gasteiger partial charge in [0.15, 0.2) is 0 Å². The number of carbonyl (C=O) groups excluding carboxylic acids is 3. The molecule has 1 aliphatic rings. The van der Waals surface area contributed by atoms with Gasteiger partial charge in [0.2, 0.25) is 0 Å². The number of aromatic nitrogens is 1. The summed E-state index contributed by atoms with van der Waals surface area (Å²) in [6.07, 6.45) is 4.35. The van der Waals surface area contributed by atoms with Gasteiger partial charge in [0.1, 0.15) is 0 Å². The van der Waals surface area contributed by atoms with Crippen molar-refractivity contribution < 1.29 is 32.2 Å². The van der Waals surface area contributed by atoms with Crippen LogP contribution >= 0.6 is 0 Å². The lowest BCUT2D eigenvalue weighted by molar-refractivity contribution is -0.197. The van der Waals surface area contributed by atoms with Crippen LogP contribution in [0.15, 0.2) is 30.5 Å². The molecule has 0 bridgehead atoms. The fourth-order valence-corrected chi connectivity index (χ4v) is 3.78. The Morgan fingerprint density at radius 1 is 1.07 bits per heavy atom. The maximum Gasteiger partial charge on any atom is 0.337 e. The monoisotopic (exact) mass is 434 g/mol. The number of hydrogen-bond acceptors (Lipinski definition) is 7. The minimum absolute atomic E-state index is 0.0505. The number of benzene rings is 1. The van der Waals surface area contributed by atoms with Crippen molar-refractivity contribution in [1.82, 2.24) is 10.0 Å². The van der Waals surface area contributed by atoms with Crippen molar-refractivity contribution in [2.75, 3.05) is 5.75 Å². The third kappa shape index (κ3) is 6.07.